The van der Waals surface area contributed by atoms with Crippen LogP contribution in [0.25, 0.3) is 121 Å². The van der Waals surface area contributed by atoms with E-state index in [-0.39, 0.29) is 35.3 Å². The van der Waals surface area contributed by atoms with Gasteiger partial charge in [-0.05, 0) is 240 Å². The van der Waals surface area contributed by atoms with Crippen molar-refractivity contribution in [3.05, 3.63) is 557 Å². The summed E-state index contributed by atoms with van der Waals surface area (Å²) in [6.45, 7) is 6.90. The Morgan fingerprint density at radius 3 is 0.848 bits per heavy atom. The summed E-state index contributed by atoms with van der Waals surface area (Å²) in [6, 6.07) is 188. The molecule has 0 radical (unpaired) electrons. The van der Waals surface area contributed by atoms with Crippen molar-refractivity contribution in [2.75, 3.05) is 9.80 Å². The van der Waals surface area contributed by atoms with Crippen LogP contribution in [0.5, 0.6) is 0 Å². The van der Waals surface area contributed by atoms with E-state index in [0.29, 0.717) is 0 Å². The maximum absolute atomic E-state index is 8.94. The van der Waals surface area contributed by atoms with Crippen molar-refractivity contribution in [1.29, 1.82) is 0 Å². The molecule has 6 heteroatoms. The largest absolute Gasteiger partial charge is 0.311 e. The van der Waals surface area contributed by atoms with Crippen molar-refractivity contribution in [3.63, 3.8) is 0 Å². The SMILES string of the molecule is CC(C)(C)c1ccc(-c2ccc(N(c3ccc(-c4cccc5c4c4ccccc4n5-c4ccccc4)cc3)c3ccc([Si](c4ccccc4)(c4ccccc4)c4ccccc4)cc3)cc2)c2ccccc12.[2H]c1c([2H])c([2H])c(-n2c3ccccc3c3c(-c4ccc(N(c5ccc(-c6cccc7ccccc67)cc5)c5ccc([Si](c6ccccc6)(c6ccccc6)c6ccccc6)cc5)cc4)cccc32)c([2H])c1[2H]. The molecule has 24 aromatic rings. The van der Waals surface area contributed by atoms with Crippen LogP contribution >= 0.6 is 0 Å². The van der Waals surface area contributed by atoms with E-state index < -0.39 is 22.2 Å². The van der Waals surface area contributed by atoms with Gasteiger partial charge >= 0.3 is 0 Å². The molecular formula is C132H100N4Si2. The van der Waals surface area contributed by atoms with Crippen LogP contribution in [-0.4, -0.2) is 25.3 Å². The molecule has 0 unspecified atom stereocenters. The highest BCUT2D eigenvalue weighted by molar-refractivity contribution is 7.20. The third kappa shape index (κ3) is 15.4. The van der Waals surface area contributed by atoms with E-state index in [1.165, 1.54) is 118 Å². The van der Waals surface area contributed by atoms with Gasteiger partial charge in [0.15, 0.2) is 16.1 Å². The number of hydrogen-bond donors (Lipinski definition) is 0. The Morgan fingerprint density at radius 2 is 0.471 bits per heavy atom. The third-order valence-electron chi connectivity index (χ3n) is 27.7. The monoisotopic (exact) mass is 1800 g/mol. The van der Waals surface area contributed by atoms with Crippen molar-refractivity contribution < 1.29 is 6.85 Å². The zero-order chi connectivity index (χ0) is 96.9. The molecule has 656 valence electrons. The summed E-state index contributed by atoms with van der Waals surface area (Å²) in [4.78, 5) is 4.73. The summed E-state index contributed by atoms with van der Waals surface area (Å²) in [7, 11) is -5.50. The Labute approximate surface area is 816 Å². The number of anilines is 6. The second-order valence-corrected chi connectivity index (χ2v) is 44.2. The van der Waals surface area contributed by atoms with Crippen molar-refractivity contribution >= 4 is 157 Å². The molecule has 0 amide bonds. The average Bonchev–Trinajstić information content (AvgIpc) is 1.64. The van der Waals surface area contributed by atoms with Gasteiger partial charge in [0.25, 0.3) is 0 Å². The van der Waals surface area contributed by atoms with Crippen LogP contribution in [0.15, 0.2) is 552 Å². The van der Waals surface area contributed by atoms with Crippen LogP contribution in [0.3, 0.4) is 0 Å². The summed E-state index contributed by atoms with van der Waals surface area (Å²) in [5.41, 5.74) is 22.0. The van der Waals surface area contributed by atoms with Crippen LogP contribution < -0.4 is 51.3 Å². The molecule has 0 atom stereocenters. The minimum atomic E-state index is -2.77. The molecule has 138 heavy (non-hydrogen) atoms. The molecule has 2 heterocycles. The van der Waals surface area contributed by atoms with Gasteiger partial charge in [-0.15, -0.1) is 0 Å². The quantitative estimate of drug-likeness (QED) is 0.0559. The second-order valence-electron chi connectivity index (χ2n) is 36.5. The predicted octanol–water partition coefficient (Wildman–Crippen LogP) is 29.5. The minimum absolute atomic E-state index is 0.0343. The van der Waals surface area contributed by atoms with Gasteiger partial charge in [0, 0.05) is 67.0 Å². The average molecular weight is 1800 g/mol. The normalized spacial score (nSPS) is 12.2. The zero-order valence-electron chi connectivity index (χ0n) is 81.9. The summed E-state index contributed by atoms with van der Waals surface area (Å²) in [5.74, 6) is 0. The van der Waals surface area contributed by atoms with Gasteiger partial charge in [0.2, 0.25) is 0 Å². The van der Waals surface area contributed by atoms with E-state index in [0.717, 1.165) is 78.3 Å². The first kappa shape index (κ1) is 79.5. The molecule has 0 bridgehead atoms. The molecule has 0 saturated heterocycles. The van der Waals surface area contributed by atoms with Crippen LogP contribution in [0.2, 0.25) is 0 Å². The lowest BCUT2D eigenvalue weighted by molar-refractivity contribution is 0.596. The summed E-state index contributed by atoms with van der Waals surface area (Å²) < 4.78 is 47.4. The van der Waals surface area contributed by atoms with E-state index in [1.54, 1.807) is 0 Å². The molecular weight excluding hydrogens is 1700 g/mol. The standard InChI is InChI=1S/C68H54N2Si.C64H46N2Si/c1-68(2,3)64-48-47-59(61-29-16-17-30-62(61)64)49-35-39-52(40-36-49)69(54-43-45-58(46-44-54)71(55-23-10-5-11-24-55,56-25-12-6-13-26-56)57-27-14-7-15-28-57)53-41-37-50(38-42-53)60-32-20-34-66-67(60)63-31-18-19-33-65(63)70(66)51-21-8-4-9-22-51;1-5-21-50(22-6-1)66-62-33-16-15-30-61(62)64-60(32-18-34-63(64)66)49-37-41-52(42-38-49)65(51-39-35-48(36-40-51)59-31-17-20-47-19-13-14-29-58(47)59)53-43-45-57(46-44-53)67(54-23-7-2-8-24-54,55-25-9-3-10-26-55)56-27-11-4-12-28-56/h4-48H,1-3H3;1-46H/i;1D,5D,6D,21D,22D. The molecule has 0 aliphatic carbocycles. The van der Waals surface area contributed by atoms with E-state index in [4.69, 9.17) is 6.85 Å². The summed E-state index contributed by atoms with van der Waals surface area (Å²) in [5, 5.41) is 20.0. The van der Waals surface area contributed by atoms with Crippen LogP contribution in [0.1, 0.15) is 33.2 Å². The fourth-order valence-electron chi connectivity index (χ4n) is 21.6. The molecule has 0 spiro atoms. The highest BCUT2D eigenvalue weighted by atomic mass is 28.3. The second kappa shape index (κ2) is 36.8. The van der Waals surface area contributed by atoms with Crippen LogP contribution in [-0.2, 0) is 5.41 Å². The Kier molecular flexibility index (Phi) is 21.2. The summed E-state index contributed by atoms with van der Waals surface area (Å²) >= 11 is 0. The molecule has 0 fully saturated rings. The lowest BCUT2D eigenvalue weighted by atomic mass is 9.82. The first-order chi connectivity index (χ1) is 70.2. The van der Waals surface area contributed by atoms with Crippen LogP contribution in [0, 0.1) is 0 Å². The lowest BCUT2D eigenvalue weighted by Gasteiger charge is -2.35. The molecule has 2 aromatic heterocycles. The molecule has 0 aliphatic rings. The Hall–Kier alpha value is -17.0. The maximum atomic E-state index is 8.94. The summed E-state index contributed by atoms with van der Waals surface area (Å²) in [6.07, 6.45) is 0. The van der Waals surface area contributed by atoms with Gasteiger partial charge in [-0.25, -0.2) is 0 Å². The van der Waals surface area contributed by atoms with Gasteiger partial charge in [0.05, 0.1) is 28.9 Å². The lowest BCUT2D eigenvalue weighted by Crippen LogP contribution is -2.74. The maximum Gasteiger partial charge on any atom is 0.179 e. The van der Waals surface area contributed by atoms with Gasteiger partial charge in [-0.3, -0.25) is 0 Å². The van der Waals surface area contributed by atoms with Crippen molar-refractivity contribution in [2.45, 2.75) is 26.2 Å². The Morgan fingerprint density at radius 1 is 0.203 bits per heavy atom. The topological polar surface area (TPSA) is 16.3 Å². The number of benzene rings is 22. The van der Waals surface area contributed by atoms with Crippen molar-refractivity contribution in [3.8, 4) is 55.9 Å². The molecule has 4 nitrogen and oxygen atoms in total. The van der Waals surface area contributed by atoms with Crippen LogP contribution in [0.4, 0.5) is 34.1 Å². The molecule has 24 rings (SSSR count). The van der Waals surface area contributed by atoms with Crippen molar-refractivity contribution in [1.82, 2.24) is 9.13 Å². The van der Waals surface area contributed by atoms with Gasteiger partial charge in [-0.2, -0.15) is 0 Å². The number of hydrogen-bond acceptors (Lipinski definition) is 2. The number of rotatable bonds is 20. The highest BCUT2D eigenvalue weighted by Gasteiger charge is 2.43. The van der Waals surface area contributed by atoms with Gasteiger partial charge in [0.1, 0.15) is 0 Å². The van der Waals surface area contributed by atoms with E-state index in [2.05, 4.69) is 520 Å². The number of fused-ring (bicyclic) bond motifs is 8. The molecule has 0 N–H and O–H groups in total. The number of nitrogens with zero attached hydrogens (tertiary/aromatic N) is 4. The fraction of sp³-hybridized carbons (Fsp3) is 0.0303. The molecule has 0 aliphatic heterocycles. The molecule has 0 saturated carbocycles. The Balaban J connectivity index is 0.000000159. The third-order valence-corrected chi connectivity index (χ3v) is 37.3. The number of para-hydroxylation sites is 4. The van der Waals surface area contributed by atoms with Gasteiger partial charge in [-0.1, -0.05) is 451 Å². The Bertz CT molecular complexity index is 8570. The predicted molar refractivity (Wildman–Crippen MR) is 594 cm³/mol. The fourth-order valence-corrected chi connectivity index (χ4v) is 31.0. The van der Waals surface area contributed by atoms with E-state index >= 15 is 0 Å². The number of aromatic nitrogens is 2. The van der Waals surface area contributed by atoms with Crippen molar-refractivity contribution in [2.24, 2.45) is 0 Å². The zero-order valence-corrected chi connectivity index (χ0v) is 78.9. The smallest absolute Gasteiger partial charge is 0.179 e. The first-order valence-electron chi connectivity index (χ1n) is 49.9. The van der Waals surface area contributed by atoms with Gasteiger partial charge < -0.3 is 18.9 Å². The van der Waals surface area contributed by atoms with E-state index in [9.17, 15) is 0 Å². The first-order valence-corrected chi connectivity index (χ1v) is 51.4. The molecule has 22 aromatic carbocycles. The minimum Gasteiger partial charge on any atom is -0.311 e. The van der Waals surface area contributed by atoms with E-state index in [1.807, 2.05) is 41.0 Å². The highest BCUT2D eigenvalue weighted by Crippen LogP contribution is 2.46.